The first kappa shape index (κ1) is 15.2. The van der Waals surface area contributed by atoms with Gasteiger partial charge in [-0.1, -0.05) is 19.9 Å². The van der Waals surface area contributed by atoms with Crippen molar-refractivity contribution in [2.24, 2.45) is 10.9 Å². The molecule has 106 valence electrons. The van der Waals surface area contributed by atoms with Crippen molar-refractivity contribution in [1.29, 1.82) is 0 Å². The van der Waals surface area contributed by atoms with E-state index < -0.39 is 0 Å². The Morgan fingerprint density at radius 2 is 2.05 bits per heavy atom. The van der Waals surface area contributed by atoms with Crippen molar-refractivity contribution in [1.82, 2.24) is 5.32 Å². The van der Waals surface area contributed by atoms with Gasteiger partial charge in [-0.15, -0.1) is 0 Å². The number of nitrogens with one attached hydrogen (secondary N) is 1. The Bertz CT molecular complexity index is 520. The molecule has 0 radical (unpaired) electrons. The van der Waals surface area contributed by atoms with Crippen LogP contribution in [0.3, 0.4) is 0 Å². The van der Waals surface area contributed by atoms with Gasteiger partial charge in [-0.25, -0.2) is 0 Å². The summed E-state index contributed by atoms with van der Waals surface area (Å²) in [6.07, 6.45) is 6.80. The van der Waals surface area contributed by atoms with Crippen LogP contribution in [0.2, 0.25) is 0 Å². The lowest BCUT2D eigenvalue weighted by Crippen LogP contribution is -2.35. The summed E-state index contributed by atoms with van der Waals surface area (Å²) in [4.78, 5) is 16.6. The van der Waals surface area contributed by atoms with Gasteiger partial charge >= 0.3 is 0 Å². The molecule has 0 spiro atoms. The summed E-state index contributed by atoms with van der Waals surface area (Å²) < 4.78 is 1.13. The van der Waals surface area contributed by atoms with Crippen molar-refractivity contribution >= 4 is 34.7 Å². The zero-order valence-corrected chi connectivity index (χ0v) is 13.9. The molecule has 1 atom stereocenters. The van der Waals surface area contributed by atoms with Crippen LogP contribution in [0.4, 0.5) is 0 Å². The summed E-state index contributed by atoms with van der Waals surface area (Å²) >= 11 is 2.23. The van der Waals surface area contributed by atoms with Crippen molar-refractivity contribution in [3.8, 4) is 0 Å². The average molecular weight is 382 g/mol. The number of carbonyl (C=O) groups is 1. The number of aliphatic imine (C=N–C) groups is 1. The van der Waals surface area contributed by atoms with Gasteiger partial charge in [0.05, 0.1) is 5.54 Å². The Morgan fingerprint density at radius 3 is 2.60 bits per heavy atom. The van der Waals surface area contributed by atoms with E-state index in [0.717, 1.165) is 9.99 Å². The molecule has 0 aliphatic carbocycles. The lowest BCUT2D eigenvalue weighted by Gasteiger charge is -2.28. The molecule has 4 heteroatoms. The van der Waals surface area contributed by atoms with Gasteiger partial charge in [0.1, 0.15) is 0 Å². The first-order valence-electron chi connectivity index (χ1n) is 6.80. The number of hydrogen-bond donors (Lipinski definition) is 1. The number of nitrogens with zero attached hydrogens (tertiary/aromatic N) is 1. The van der Waals surface area contributed by atoms with Gasteiger partial charge in [0.2, 0.25) is 0 Å². The first-order valence-corrected chi connectivity index (χ1v) is 7.88. The highest BCUT2D eigenvalue weighted by atomic mass is 127. The number of hydrogen-bond acceptors (Lipinski definition) is 2. The van der Waals surface area contributed by atoms with Crippen LogP contribution in [0.1, 0.15) is 30.6 Å². The van der Waals surface area contributed by atoms with Crippen LogP contribution in [-0.4, -0.2) is 24.2 Å². The minimum atomic E-state index is -0.153. The Labute approximate surface area is 133 Å². The molecule has 1 heterocycles. The molecule has 2 rings (SSSR count). The van der Waals surface area contributed by atoms with Crippen LogP contribution < -0.4 is 5.32 Å². The number of rotatable bonds is 5. The monoisotopic (exact) mass is 382 g/mol. The minimum Gasteiger partial charge on any atom is -0.352 e. The Morgan fingerprint density at radius 1 is 1.35 bits per heavy atom. The highest BCUT2D eigenvalue weighted by molar-refractivity contribution is 14.1. The maximum atomic E-state index is 12.0. The van der Waals surface area contributed by atoms with Crippen molar-refractivity contribution < 1.29 is 4.79 Å². The van der Waals surface area contributed by atoms with Gasteiger partial charge in [-0.05, 0) is 65.3 Å². The second kappa shape index (κ2) is 6.52. The van der Waals surface area contributed by atoms with Gasteiger partial charge in [-0.2, -0.15) is 0 Å². The van der Waals surface area contributed by atoms with Crippen molar-refractivity contribution in [2.45, 2.75) is 25.8 Å². The van der Waals surface area contributed by atoms with Crippen LogP contribution in [0.25, 0.3) is 0 Å². The third kappa shape index (κ3) is 3.48. The van der Waals surface area contributed by atoms with E-state index in [4.69, 9.17) is 0 Å². The molecule has 1 aliphatic rings. The van der Waals surface area contributed by atoms with E-state index in [9.17, 15) is 4.79 Å². The maximum Gasteiger partial charge on any atom is 0.251 e. The van der Waals surface area contributed by atoms with Crippen LogP contribution in [-0.2, 0) is 0 Å². The summed E-state index contributed by atoms with van der Waals surface area (Å²) in [6.45, 7) is 4.95. The molecule has 1 aliphatic heterocycles. The molecule has 20 heavy (non-hydrogen) atoms. The van der Waals surface area contributed by atoms with E-state index in [2.05, 4.69) is 52.8 Å². The fourth-order valence-electron chi connectivity index (χ4n) is 2.29. The Kier molecular flexibility index (Phi) is 4.96. The first-order chi connectivity index (χ1) is 9.53. The van der Waals surface area contributed by atoms with E-state index in [1.54, 1.807) is 0 Å². The fourth-order valence-corrected chi connectivity index (χ4v) is 2.65. The topological polar surface area (TPSA) is 41.5 Å². The summed E-state index contributed by atoms with van der Waals surface area (Å²) in [7, 11) is 0. The molecule has 0 saturated carbocycles. The molecule has 1 N–H and O–H groups in total. The molecular weight excluding hydrogens is 363 g/mol. The quantitative estimate of drug-likeness (QED) is 0.779. The maximum absolute atomic E-state index is 12.0. The van der Waals surface area contributed by atoms with Gasteiger partial charge in [0, 0.05) is 21.9 Å². The number of benzene rings is 1. The normalized spacial score (nSPS) is 20.6. The number of carbonyl (C=O) groups excluding carboxylic acids is 1. The van der Waals surface area contributed by atoms with Gasteiger partial charge in [0.25, 0.3) is 5.91 Å². The Hall–Kier alpha value is -1.17. The molecular formula is C16H19IN2O. The molecule has 1 aromatic rings. The molecule has 0 aromatic heterocycles. The molecule has 1 amide bonds. The van der Waals surface area contributed by atoms with E-state index in [1.165, 1.54) is 0 Å². The lowest BCUT2D eigenvalue weighted by atomic mass is 9.84. The van der Waals surface area contributed by atoms with Gasteiger partial charge in [-0.3, -0.25) is 9.79 Å². The summed E-state index contributed by atoms with van der Waals surface area (Å²) in [6, 6.07) is 7.58. The number of amides is 1. The van der Waals surface area contributed by atoms with E-state index in [0.29, 0.717) is 18.0 Å². The van der Waals surface area contributed by atoms with E-state index in [1.807, 2.05) is 36.6 Å². The van der Waals surface area contributed by atoms with Crippen LogP contribution in [0, 0.1) is 9.49 Å². The lowest BCUT2D eigenvalue weighted by molar-refractivity contribution is 0.0950. The highest BCUT2D eigenvalue weighted by Crippen LogP contribution is 2.29. The molecule has 0 bridgehead atoms. The predicted molar refractivity (Wildman–Crippen MR) is 91.3 cm³/mol. The second-order valence-electron chi connectivity index (χ2n) is 5.30. The van der Waals surface area contributed by atoms with E-state index >= 15 is 0 Å². The van der Waals surface area contributed by atoms with Gasteiger partial charge < -0.3 is 5.32 Å². The number of allylic oxidation sites excluding steroid dienone is 1. The zero-order chi connectivity index (χ0) is 14.6. The van der Waals surface area contributed by atoms with Crippen LogP contribution >= 0.6 is 22.6 Å². The molecule has 3 nitrogen and oxygen atoms in total. The van der Waals surface area contributed by atoms with E-state index in [-0.39, 0.29) is 11.4 Å². The largest absolute Gasteiger partial charge is 0.352 e. The van der Waals surface area contributed by atoms with Gasteiger partial charge in [0.15, 0.2) is 0 Å². The third-order valence-electron chi connectivity index (χ3n) is 3.70. The SMILES string of the molecule is CC(C)C1(CCNC(=O)c2ccc(I)cc2)C=CC=N1. The average Bonchev–Trinajstić information content (AvgIpc) is 2.89. The van der Waals surface area contributed by atoms with Crippen LogP contribution in [0.15, 0.2) is 41.4 Å². The molecule has 1 aromatic carbocycles. The summed E-state index contributed by atoms with van der Waals surface area (Å²) in [5.41, 5.74) is 0.550. The van der Waals surface area contributed by atoms with Crippen LogP contribution in [0.5, 0.6) is 0 Å². The standard InChI is InChI=1S/C16H19IN2O/c1-12(2)16(8-3-10-19-16)9-11-18-15(20)13-4-6-14(17)7-5-13/h3-8,10,12H,9,11H2,1-2H3,(H,18,20). The van der Waals surface area contributed by atoms with Crippen molar-refractivity contribution in [3.05, 3.63) is 45.6 Å². The van der Waals surface area contributed by atoms with Crippen molar-refractivity contribution in [2.75, 3.05) is 6.54 Å². The highest BCUT2D eigenvalue weighted by Gasteiger charge is 2.31. The smallest absolute Gasteiger partial charge is 0.251 e. The summed E-state index contributed by atoms with van der Waals surface area (Å²) in [5.74, 6) is 0.402. The second-order valence-corrected chi connectivity index (χ2v) is 6.54. The zero-order valence-electron chi connectivity index (χ0n) is 11.8. The molecule has 1 unspecified atom stereocenters. The molecule has 0 saturated heterocycles. The molecule has 0 fully saturated rings. The minimum absolute atomic E-state index is 0.0220. The third-order valence-corrected chi connectivity index (χ3v) is 4.42. The number of halogens is 1. The predicted octanol–water partition coefficient (Wildman–Crippen LogP) is 3.45. The fraction of sp³-hybridized carbons (Fsp3) is 0.375. The van der Waals surface area contributed by atoms with Crippen molar-refractivity contribution in [3.63, 3.8) is 0 Å². The summed E-state index contributed by atoms with van der Waals surface area (Å²) in [5, 5.41) is 2.98. The Balaban J connectivity index is 1.89.